The maximum absolute atomic E-state index is 11.4. The van der Waals surface area contributed by atoms with Crippen molar-refractivity contribution in [1.29, 1.82) is 0 Å². The normalized spacial score (nSPS) is 18.0. The molecule has 3 N–H and O–H groups in total. The summed E-state index contributed by atoms with van der Waals surface area (Å²) in [7, 11) is 0. The highest BCUT2D eigenvalue weighted by molar-refractivity contribution is 7.99. The molecular weight excluding hydrogens is 232 g/mol. The number of thioether (sulfide) groups is 1. The molecule has 0 aromatic heterocycles. The molecule has 4 heteroatoms. The molecule has 0 saturated heterocycles. The van der Waals surface area contributed by atoms with Gasteiger partial charge in [0.15, 0.2) is 0 Å². The third kappa shape index (κ3) is 2.82. The van der Waals surface area contributed by atoms with Gasteiger partial charge in [-0.15, -0.1) is 11.8 Å². The van der Waals surface area contributed by atoms with E-state index < -0.39 is 6.04 Å². The van der Waals surface area contributed by atoms with E-state index in [-0.39, 0.29) is 5.91 Å². The predicted octanol–water partition coefficient (Wildman–Crippen LogP) is 2.92. The van der Waals surface area contributed by atoms with Crippen LogP contribution in [0.2, 0.25) is 0 Å². The van der Waals surface area contributed by atoms with Gasteiger partial charge >= 0.3 is 0 Å². The first-order chi connectivity index (χ1) is 8.22. The van der Waals surface area contributed by atoms with E-state index in [1.165, 1.54) is 24.2 Å². The highest BCUT2D eigenvalue weighted by Crippen LogP contribution is 2.33. The van der Waals surface area contributed by atoms with Crippen molar-refractivity contribution in [1.82, 2.24) is 0 Å². The van der Waals surface area contributed by atoms with Crippen molar-refractivity contribution < 1.29 is 4.79 Å². The average Bonchev–Trinajstić information content (AvgIpc) is 2.61. The molecule has 1 heterocycles. The quantitative estimate of drug-likeness (QED) is 0.624. The molecular formula is C13H18N2OS. The van der Waals surface area contributed by atoms with Gasteiger partial charge in [0.2, 0.25) is 5.91 Å². The van der Waals surface area contributed by atoms with E-state index in [9.17, 15) is 4.79 Å². The Balaban J connectivity index is 1.98. The van der Waals surface area contributed by atoms with Gasteiger partial charge in [0.1, 0.15) is 6.04 Å². The topological polar surface area (TPSA) is 55.1 Å². The standard InChI is InChI=1S/C13H18N2OS/c1-2-3-4-7-17-9-5-6-10-11(8-9)15-13(16)12(10)14/h5-6,8,12H,2-4,7,14H2,1H3,(H,15,16). The molecule has 0 radical (unpaired) electrons. The minimum atomic E-state index is -0.496. The summed E-state index contributed by atoms with van der Waals surface area (Å²) in [6.45, 7) is 2.21. The number of anilines is 1. The highest BCUT2D eigenvalue weighted by atomic mass is 32.2. The first-order valence-corrected chi connectivity index (χ1v) is 7.04. The predicted molar refractivity (Wildman–Crippen MR) is 72.2 cm³/mol. The lowest BCUT2D eigenvalue weighted by Crippen LogP contribution is -2.19. The number of nitrogens with one attached hydrogen (secondary N) is 1. The molecule has 0 fully saturated rings. The smallest absolute Gasteiger partial charge is 0.245 e. The molecule has 1 unspecified atom stereocenters. The van der Waals surface area contributed by atoms with Crippen LogP contribution in [-0.2, 0) is 4.79 Å². The minimum absolute atomic E-state index is 0.104. The number of rotatable bonds is 5. The Morgan fingerprint density at radius 3 is 3.00 bits per heavy atom. The summed E-state index contributed by atoms with van der Waals surface area (Å²) < 4.78 is 0. The number of carbonyl (C=O) groups is 1. The SMILES string of the molecule is CCCCCSc1ccc2c(c1)NC(=O)C2N. The summed E-state index contributed by atoms with van der Waals surface area (Å²) in [5.41, 5.74) is 7.55. The van der Waals surface area contributed by atoms with Crippen molar-refractivity contribution in [3.05, 3.63) is 23.8 Å². The Kier molecular flexibility index (Phi) is 4.07. The van der Waals surface area contributed by atoms with Crippen molar-refractivity contribution in [2.75, 3.05) is 11.1 Å². The van der Waals surface area contributed by atoms with Gasteiger partial charge in [0, 0.05) is 16.1 Å². The first kappa shape index (κ1) is 12.5. The van der Waals surface area contributed by atoms with Crippen molar-refractivity contribution in [3.8, 4) is 0 Å². The lowest BCUT2D eigenvalue weighted by atomic mass is 10.1. The number of amides is 1. The van der Waals surface area contributed by atoms with E-state index in [2.05, 4.69) is 18.3 Å². The molecule has 1 aliphatic rings. The fraction of sp³-hybridized carbons (Fsp3) is 0.462. The van der Waals surface area contributed by atoms with Crippen LogP contribution in [0.1, 0.15) is 37.8 Å². The van der Waals surface area contributed by atoms with Crippen molar-refractivity contribution in [2.45, 2.75) is 37.1 Å². The van der Waals surface area contributed by atoms with Gasteiger partial charge < -0.3 is 11.1 Å². The summed E-state index contributed by atoms with van der Waals surface area (Å²) in [5, 5.41) is 2.81. The third-order valence-electron chi connectivity index (χ3n) is 2.92. The number of unbranched alkanes of at least 4 members (excludes halogenated alkanes) is 2. The molecule has 2 rings (SSSR count). The zero-order valence-corrected chi connectivity index (χ0v) is 10.8. The molecule has 92 valence electrons. The number of carbonyl (C=O) groups excluding carboxylic acids is 1. The highest BCUT2D eigenvalue weighted by Gasteiger charge is 2.26. The molecule has 17 heavy (non-hydrogen) atoms. The van der Waals surface area contributed by atoms with E-state index in [1.807, 2.05) is 23.9 Å². The monoisotopic (exact) mass is 250 g/mol. The molecule has 1 atom stereocenters. The first-order valence-electron chi connectivity index (χ1n) is 6.05. The fourth-order valence-corrected chi connectivity index (χ4v) is 2.85. The summed E-state index contributed by atoms with van der Waals surface area (Å²) in [6, 6.07) is 5.54. The maximum Gasteiger partial charge on any atom is 0.245 e. The Bertz CT molecular complexity index is 420. The van der Waals surface area contributed by atoms with E-state index in [1.54, 1.807) is 0 Å². The lowest BCUT2D eigenvalue weighted by Gasteiger charge is -2.05. The maximum atomic E-state index is 11.4. The number of hydrogen-bond acceptors (Lipinski definition) is 3. The fourth-order valence-electron chi connectivity index (χ4n) is 1.90. The molecule has 1 aromatic rings. The van der Waals surface area contributed by atoms with Crippen molar-refractivity contribution in [2.24, 2.45) is 5.73 Å². The number of hydrogen-bond donors (Lipinski definition) is 2. The van der Waals surface area contributed by atoms with Gasteiger partial charge in [-0.25, -0.2) is 0 Å². The van der Waals surface area contributed by atoms with Crippen LogP contribution >= 0.6 is 11.8 Å². The van der Waals surface area contributed by atoms with Gasteiger partial charge in [-0.05, 0) is 24.3 Å². The molecule has 0 saturated carbocycles. The van der Waals surface area contributed by atoms with Crippen molar-refractivity contribution in [3.63, 3.8) is 0 Å². The average molecular weight is 250 g/mol. The van der Waals surface area contributed by atoms with E-state index in [4.69, 9.17) is 5.73 Å². The lowest BCUT2D eigenvalue weighted by molar-refractivity contribution is -0.116. The van der Waals surface area contributed by atoms with E-state index >= 15 is 0 Å². The zero-order valence-electron chi connectivity index (χ0n) is 10.0. The second kappa shape index (κ2) is 5.56. The van der Waals surface area contributed by atoms with Crippen LogP contribution in [-0.4, -0.2) is 11.7 Å². The van der Waals surface area contributed by atoms with Crippen molar-refractivity contribution >= 4 is 23.4 Å². The Morgan fingerprint density at radius 1 is 1.41 bits per heavy atom. The molecule has 1 aromatic carbocycles. The molecule has 1 amide bonds. The number of nitrogens with two attached hydrogens (primary N) is 1. The van der Waals surface area contributed by atoms with Crippen LogP contribution in [0.15, 0.2) is 23.1 Å². The zero-order chi connectivity index (χ0) is 12.3. The van der Waals surface area contributed by atoms with Crippen LogP contribution in [0.3, 0.4) is 0 Å². The second-order valence-corrected chi connectivity index (χ2v) is 5.44. The minimum Gasteiger partial charge on any atom is -0.324 e. The van der Waals surface area contributed by atoms with Crippen LogP contribution in [0, 0.1) is 0 Å². The van der Waals surface area contributed by atoms with Gasteiger partial charge in [0.25, 0.3) is 0 Å². The Morgan fingerprint density at radius 2 is 2.24 bits per heavy atom. The van der Waals surface area contributed by atoms with Crippen LogP contribution in [0.25, 0.3) is 0 Å². The number of fused-ring (bicyclic) bond motifs is 1. The van der Waals surface area contributed by atoms with Gasteiger partial charge in [-0.3, -0.25) is 4.79 Å². The van der Waals surface area contributed by atoms with E-state index in [0.29, 0.717) is 0 Å². The summed E-state index contributed by atoms with van der Waals surface area (Å²) >= 11 is 1.84. The summed E-state index contributed by atoms with van der Waals surface area (Å²) in [6.07, 6.45) is 3.76. The summed E-state index contributed by atoms with van der Waals surface area (Å²) in [4.78, 5) is 12.6. The molecule has 0 spiro atoms. The molecule has 3 nitrogen and oxygen atoms in total. The van der Waals surface area contributed by atoms with Crippen LogP contribution in [0.4, 0.5) is 5.69 Å². The van der Waals surface area contributed by atoms with E-state index in [0.717, 1.165) is 17.0 Å². The summed E-state index contributed by atoms with van der Waals surface area (Å²) in [5.74, 6) is 1.03. The molecule has 0 bridgehead atoms. The second-order valence-electron chi connectivity index (χ2n) is 4.27. The van der Waals surface area contributed by atoms with Crippen LogP contribution < -0.4 is 11.1 Å². The Labute approximate surface area is 106 Å². The molecule has 1 aliphatic heterocycles. The van der Waals surface area contributed by atoms with Crippen LogP contribution in [0.5, 0.6) is 0 Å². The largest absolute Gasteiger partial charge is 0.324 e. The number of benzene rings is 1. The van der Waals surface area contributed by atoms with Gasteiger partial charge in [-0.1, -0.05) is 25.8 Å². The molecule has 0 aliphatic carbocycles. The van der Waals surface area contributed by atoms with Gasteiger partial charge in [-0.2, -0.15) is 0 Å². The van der Waals surface area contributed by atoms with Gasteiger partial charge in [0.05, 0.1) is 0 Å². The third-order valence-corrected chi connectivity index (χ3v) is 4.00. The Hall–Kier alpha value is -1.00.